The highest BCUT2D eigenvalue weighted by Gasteiger charge is 2.41. The lowest BCUT2D eigenvalue weighted by Gasteiger charge is -2.32. The van der Waals surface area contributed by atoms with Crippen molar-refractivity contribution in [1.29, 1.82) is 0 Å². The van der Waals surface area contributed by atoms with Gasteiger partial charge in [0.2, 0.25) is 0 Å². The Labute approximate surface area is 94.6 Å². The molecule has 1 heterocycles. The highest BCUT2D eigenvalue weighted by molar-refractivity contribution is 4.92. The van der Waals surface area contributed by atoms with Crippen molar-refractivity contribution in [3.63, 3.8) is 0 Å². The average Bonchev–Trinajstić information content (AvgIpc) is 2.47. The van der Waals surface area contributed by atoms with E-state index in [-0.39, 0.29) is 0 Å². The SMILES string of the molecule is CC(C)(C)CC1COC2(CCCCC2)C1. The van der Waals surface area contributed by atoms with Gasteiger partial charge in [-0.1, -0.05) is 40.0 Å². The van der Waals surface area contributed by atoms with Crippen molar-refractivity contribution in [2.45, 2.75) is 71.3 Å². The van der Waals surface area contributed by atoms with Crippen molar-refractivity contribution in [1.82, 2.24) is 0 Å². The molecule has 0 aromatic carbocycles. The van der Waals surface area contributed by atoms with Crippen LogP contribution < -0.4 is 0 Å². The third kappa shape index (κ3) is 2.96. The lowest BCUT2D eigenvalue weighted by atomic mass is 9.77. The van der Waals surface area contributed by atoms with E-state index < -0.39 is 0 Å². The van der Waals surface area contributed by atoms with E-state index in [9.17, 15) is 0 Å². The second-order valence-electron chi connectivity index (χ2n) is 6.89. The van der Waals surface area contributed by atoms with Gasteiger partial charge >= 0.3 is 0 Å². The van der Waals surface area contributed by atoms with Crippen LogP contribution in [0.1, 0.15) is 65.7 Å². The molecule has 2 fully saturated rings. The Morgan fingerprint density at radius 1 is 1.13 bits per heavy atom. The van der Waals surface area contributed by atoms with Gasteiger partial charge in [0.05, 0.1) is 12.2 Å². The molecule has 0 radical (unpaired) electrons. The molecule has 1 aliphatic carbocycles. The molecule has 2 aliphatic rings. The first kappa shape index (κ1) is 11.4. The van der Waals surface area contributed by atoms with E-state index in [0.717, 1.165) is 12.5 Å². The normalized spacial score (nSPS) is 31.0. The molecule has 1 spiro atoms. The minimum absolute atomic E-state index is 0.314. The van der Waals surface area contributed by atoms with Gasteiger partial charge in [-0.3, -0.25) is 0 Å². The van der Waals surface area contributed by atoms with E-state index in [0.29, 0.717) is 11.0 Å². The summed E-state index contributed by atoms with van der Waals surface area (Å²) >= 11 is 0. The van der Waals surface area contributed by atoms with Crippen LogP contribution in [-0.2, 0) is 4.74 Å². The van der Waals surface area contributed by atoms with Crippen LogP contribution in [0, 0.1) is 11.3 Å². The van der Waals surface area contributed by atoms with Crippen molar-refractivity contribution in [2.75, 3.05) is 6.61 Å². The van der Waals surface area contributed by atoms with E-state index in [1.807, 2.05) is 0 Å². The van der Waals surface area contributed by atoms with Crippen LogP contribution in [0.2, 0.25) is 0 Å². The minimum atomic E-state index is 0.314. The van der Waals surface area contributed by atoms with Crippen LogP contribution in [0.3, 0.4) is 0 Å². The summed E-state index contributed by atoms with van der Waals surface area (Å²) in [7, 11) is 0. The fourth-order valence-electron chi connectivity index (χ4n) is 3.48. The topological polar surface area (TPSA) is 9.23 Å². The summed E-state index contributed by atoms with van der Waals surface area (Å²) in [5, 5.41) is 0. The fraction of sp³-hybridized carbons (Fsp3) is 1.00. The van der Waals surface area contributed by atoms with Gasteiger partial charge in [-0.05, 0) is 37.0 Å². The zero-order chi connectivity index (χ0) is 10.9. The lowest BCUT2D eigenvalue weighted by molar-refractivity contribution is -0.0250. The smallest absolute Gasteiger partial charge is 0.0686 e. The van der Waals surface area contributed by atoms with Crippen molar-refractivity contribution in [3.05, 3.63) is 0 Å². The Kier molecular flexibility index (Phi) is 3.12. The molecule has 1 saturated heterocycles. The molecular formula is C14H26O. The Morgan fingerprint density at radius 3 is 2.40 bits per heavy atom. The quantitative estimate of drug-likeness (QED) is 0.631. The molecule has 0 N–H and O–H groups in total. The van der Waals surface area contributed by atoms with Gasteiger partial charge in [-0.15, -0.1) is 0 Å². The first-order valence-electron chi connectivity index (χ1n) is 6.63. The predicted octanol–water partition coefficient (Wildman–Crippen LogP) is 4.16. The zero-order valence-corrected chi connectivity index (χ0v) is 10.6. The van der Waals surface area contributed by atoms with Gasteiger partial charge in [0.15, 0.2) is 0 Å². The molecule has 15 heavy (non-hydrogen) atoms. The highest BCUT2D eigenvalue weighted by Crippen LogP contribution is 2.44. The standard InChI is InChI=1S/C14H26O/c1-13(2,3)9-12-10-14(15-11-12)7-5-4-6-8-14/h12H,4-11H2,1-3H3. The summed E-state index contributed by atoms with van der Waals surface area (Å²) in [5.41, 5.74) is 0.780. The maximum absolute atomic E-state index is 6.14. The lowest BCUT2D eigenvalue weighted by Crippen LogP contribution is -2.30. The predicted molar refractivity (Wildman–Crippen MR) is 63.9 cm³/mol. The largest absolute Gasteiger partial charge is 0.375 e. The number of ether oxygens (including phenoxy) is 1. The van der Waals surface area contributed by atoms with Gasteiger partial charge in [0.1, 0.15) is 0 Å². The van der Waals surface area contributed by atoms with Gasteiger partial charge in [0.25, 0.3) is 0 Å². The zero-order valence-electron chi connectivity index (χ0n) is 10.6. The summed E-state index contributed by atoms with van der Waals surface area (Å²) in [6.07, 6.45) is 9.53. The number of hydrogen-bond acceptors (Lipinski definition) is 1. The Bertz CT molecular complexity index is 208. The molecular weight excluding hydrogens is 184 g/mol. The maximum atomic E-state index is 6.14. The van der Waals surface area contributed by atoms with Crippen molar-refractivity contribution in [3.8, 4) is 0 Å². The molecule has 0 aromatic rings. The molecule has 1 atom stereocenters. The molecule has 1 heteroatoms. The van der Waals surface area contributed by atoms with E-state index >= 15 is 0 Å². The molecule has 1 unspecified atom stereocenters. The second-order valence-corrected chi connectivity index (χ2v) is 6.89. The van der Waals surface area contributed by atoms with Crippen molar-refractivity contribution >= 4 is 0 Å². The van der Waals surface area contributed by atoms with Crippen LogP contribution in [0.25, 0.3) is 0 Å². The van der Waals surface area contributed by atoms with Gasteiger partial charge in [0, 0.05) is 0 Å². The molecule has 0 amide bonds. The van der Waals surface area contributed by atoms with E-state index in [1.165, 1.54) is 44.9 Å². The summed E-state index contributed by atoms with van der Waals surface area (Å²) < 4.78 is 6.14. The minimum Gasteiger partial charge on any atom is -0.375 e. The monoisotopic (exact) mass is 210 g/mol. The van der Waals surface area contributed by atoms with Gasteiger partial charge in [-0.25, -0.2) is 0 Å². The number of hydrogen-bond donors (Lipinski definition) is 0. The Balaban J connectivity index is 1.88. The fourth-order valence-corrected chi connectivity index (χ4v) is 3.48. The summed E-state index contributed by atoms with van der Waals surface area (Å²) in [4.78, 5) is 0. The molecule has 88 valence electrons. The van der Waals surface area contributed by atoms with Crippen LogP contribution >= 0.6 is 0 Å². The summed E-state index contributed by atoms with van der Waals surface area (Å²) in [5.74, 6) is 0.822. The summed E-state index contributed by atoms with van der Waals surface area (Å²) in [6, 6.07) is 0. The van der Waals surface area contributed by atoms with Crippen molar-refractivity contribution in [2.24, 2.45) is 11.3 Å². The van der Waals surface area contributed by atoms with Crippen LogP contribution in [0.5, 0.6) is 0 Å². The van der Waals surface area contributed by atoms with Gasteiger partial charge in [-0.2, -0.15) is 0 Å². The highest BCUT2D eigenvalue weighted by atomic mass is 16.5. The molecule has 2 rings (SSSR count). The van der Waals surface area contributed by atoms with Crippen LogP contribution in [0.4, 0.5) is 0 Å². The molecule has 1 nitrogen and oxygen atoms in total. The molecule has 1 aliphatic heterocycles. The van der Waals surface area contributed by atoms with Gasteiger partial charge < -0.3 is 4.74 Å². The van der Waals surface area contributed by atoms with E-state index in [1.54, 1.807) is 0 Å². The molecule has 1 saturated carbocycles. The summed E-state index contributed by atoms with van der Waals surface area (Å²) in [6.45, 7) is 8.06. The average molecular weight is 210 g/mol. The third-order valence-electron chi connectivity index (χ3n) is 3.95. The van der Waals surface area contributed by atoms with Crippen LogP contribution in [0.15, 0.2) is 0 Å². The Hall–Kier alpha value is -0.0400. The van der Waals surface area contributed by atoms with E-state index in [2.05, 4.69) is 20.8 Å². The molecule has 0 bridgehead atoms. The van der Waals surface area contributed by atoms with Crippen LogP contribution in [-0.4, -0.2) is 12.2 Å². The number of rotatable bonds is 1. The first-order chi connectivity index (χ1) is 6.99. The van der Waals surface area contributed by atoms with Crippen molar-refractivity contribution < 1.29 is 4.74 Å². The molecule has 0 aromatic heterocycles. The third-order valence-corrected chi connectivity index (χ3v) is 3.95. The maximum Gasteiger partial charge on any atom is 0.0686 e. The van der Waals surface area contributed by atoms with E-state index in [4.69, 9.17) is 4.74 Å². The second kappa shape index (κ2) is 4.08. The Morgan fingerprint density at radius 2 is 1.80 bits per heavy atom. The first-order valence-corrected chi connectivity index (χ1v) is 6.63.